The molecule has 0 atom stereocenters. The fraction of sp³-hybridized carbons (Fsp3) is 0.417. The van der Waals surface area contributed by atoms with Crippen molar-refractivity contribution >= 4 is 11.6 Å². The lowest BCUT2D eigenvalue weighted by atomic mass is 10.2. The summed E-state index contributed by atoms with van der Waals surface area (Å²) in [7, 11) is 0. The molecule has 0 saturated carbocycles. The lowest BCUT2D eigenvalue weighted by Crippen LogP contribution is -2.32. The smallest absolute Gasteiger partial charge is 0.251 e. The second kappa shape index (κ2) is 6.85. The molecule has 1 rings (SSSR count). The summed E-state index contributed by atoms with van der Waals surface area (Å²) in [6, 6.07) is 6.91. The van der Waals surface area contributed by atoms with Gasteiger partial charge in [0.1, 0.15) is 0 Å². The van der Waals surface area contributed by atoms with Crippen LogP contribution >= 0.6 is 0 Å². The van der Waals surface area contributed by atoms with Crippen LogP contribution in [-0.4, -0.2) is 25.5 Å². The highest BCUT2D eigenvalue weighted by Gasteiger charge is 2.02. The average Bonchev–Trinajstić information content (AvgIpc) is 2.29. The van der Waals surface area contributed by atoms with E-state index < -0.39 is 0 Å². The molecule has 0 aliphatic rings. The van der Waals surface area contributed by atoms with E-state index in [4.69, 9.17) is 5.73 Å². The molecule has 0 aromatic heterocycles. The van der Waals surface area contributed by atoms with Gasteiger partial charge in [0.2, 0.25) is 0 Å². The van der Waals surface area contributed by atoms with Gasteiger partial charge in [-0.3, -0.25) is 4.79 Å². The van der Waals surface area contributed by atoms with Crippen LogP contribution < -0.4 is 16.4 Å². The van der Waals surface area contributed by atoms with Crippen LogP contribution in [0, 0.1) is 0 Å². The van der Waals surface area contributed by atoms with Gasteiger partial charge in [-0.2, -0.15) is 0 Å². The first-order valence-electron chi connectivity index (χ1n) is 5.58. The third-order valence-corrected chi connectivity index (χ3v) is 2.19. The van der Waals surface area contributed by atoms with E-state index in [1.165, 1.54) is 0 Å². The molecule has 0 fully saturated rings. The monoisotopic (exact) mass is 221 g/mol. The molecule has 0 saturated heterocycles. The summed E-state index contributed by atoms with van der Waals surface area (Å²) >= 11 is 0. The van der Waals surface area contributed by atoms with Crippen molar-refractivity contribution in [3.05, 3.63) is 29.8 Å². The molecule has 88 valence electrons. The van der Waals surface area contributed by atoms with E-state index in [1.807, 2.05) is 0 Å². The minimum atomic E-state index is -0.0571. The van der Waals surface area contributed by atoms with E-state index in [0.717, 1.165) is 19.5 Å². The van der Waals surface area contributed by atoms with Crippen molar-refractivity contribution < 1.29 is 4.79 Å². The van der Waals surface area contributed by atoms with E-state index in [1.54, 1.807) is 24.3 Å². The number of amides is 1. The predicted molar refractivity (Wildman–Crippen MR) is 66.3 cm³/mol. The zero-order valence-electron chi connectivity index (χ0n) is 9.62. The van der Waals surface area contributed by atoms with Crippen molar-refractivity contribution in [2.75, 3.05) is 25.4 Å². The summed E-state index contributed by atoms with van der Waals surface area (Å²) in [5.41, 5.74) is 6.85. The summed E-state index contributed by atoms with van der Waals surface area (Å²) in [5.74, 6) is -0.0571. The number of hydrogen-bond acceptors (Lipinski definition) is 3. The minimum absolute atomic E-state index is 0.0571. The molecule has 0 spiro atoms. The molecule has 0 radical (unpaired) electrons. The average molecular weight is 221 g/mol. The quantitative estimate of drug-likeness (QED) is 0.496. The summed E-state index contributed by atoms with van der Waals surface area (Å²) in [6.07, 6.45) is 1.10. The molecule has 16 heavy (non-hydrogen) atoms. The van der Waals surface area contributed by atoms with Crippen molar-refractivity contribution in [1.29, 1.82) is 0 Å². The van der Waals surface area contributed by atoms with Crippen molar-refractivity contribution in [1.82, 2.24) is 10.6 Å². The van der Waals surface area contributed by atoms with Crippen LogP contribution in [0.1, 0.15) is 23.7 Å². The van der Waals surface area contributed by atoms with Gasteiger partial charge in [0.05, 0.1) is 0 Å². The van der Waals surface area contributed by atoms with E-state index in [-0.39, 0.29) is 5.91 Å². The molecular formula is C12H19N3O. The third kappa shape index (κ3) is 4.31. The molecule has 0 bridgehead atoms. The highest BCUT2D eigenvalue weighted by molar-refractivity contribution is 5.94. The van der Waals surface area contributed by atoms with Crippen LogP contribution in [0.25, 0.3) is 0 Å². The minimum Gasteiger partial charge on any atom is -0.399 e. The van der Waals surface area contributed by atoms with Gasteiger partial charge >= 0.3 is 0 Å². The zero-order valence-corrected chi connectivity index (χ0v) is 9.62. The van der Waals surface area contributed by atoms with Crippen LogP contribution in [0.5, 0.6) is 0 Å². The number of nitrogen functional groups attached to an aromatic ring is 1. The van der Waals surface area contributed by atoms with Crippen LogP contribution in [0.15, 0.2) is 24.3 Å². The maximum absolute atomic E-state index is 11.6. The lowest BCUT2D eigenvalue weighted by molar-refractivity contribution is 0.0954. The molecule has 0 unspecified atom stereocenters. The van der Waals surface area contributed by atoms with E-state index in [2.05, 4.69) is 17.6 Å². The van der Waals surface area contributed by atoms with Crippen LogP contribution in [-0.2, 0) is 0 Å². The van der Waals surface area contributed by atoms with Gasteiger partial charge in [0.25, 0.3) is 5.91 Å². The maximum atomic E-state index is 11.6. The Morgan fingerprint density at radius 3 is 2.50 bits per heavy atom. The Morgan fingerprint density at radius 1 is 1.19 bits per heavy atom. The summed E-state index contributed by atoms with van der Waals surface area (Å²) < 4.78 is 0. The molecule has 4 heteroatoms. The van der Waals surface area contributed by atoms with Gasteiger partial charge in [-0.15, -0.1) is 0 Å². The predicted octanol–water partition coefficient (Wildman–Crippen LogP) is 0.998. The first-order valence-corrected chi connectivity index (χ1v) is 5.58. The number of rotatable bonds is 6. The van der Waals surface area contributed by atoms with Gasteiger partial charge in [-0.25, -0.2) is 0 Å². The van der Waals surface area contributed by atoms with Gasteiger partial charge in [-0.1, -0.05) is 6.92 Å². The van der Waals surface area contributed by atoms with E-state index in [9.17, 15) is 4.79 Å². The molecule has 4 N–H and O–H groups in total. The summed E-state index contributed by atoms with van der Waals surface area (Å²) in [4.78, 5) is 11.6. The largest absolute Gasteiger partial charge is 0.399 e. The first-order chi connectivity index (χ1) is 7.74. The first kappa shape index (κ1) is 12.5. The van der Waals surface area contributed by atoms with Crippen molar-refractivity contribution in [2.45, 2.75) is 13.3 Å². The number of anilines is 1. The van der Waals surface area contributed by atoms with Crippen molar-refractivity contribution in [3.63, 3.8) is 0 Å². The Bertz CT molecular complexity index is 322. The van der Waals surface area contributed by atoms with Gasteiger partial charge < -0.3 is 16.4 Å². The second-order valence-corrected chi connectivity index (χ2v) is 3.63. The standard InChI is InChI=1S/C12H19N3O/c1-2-7-14-8-9-15-12(16)10-3-5-11(13)6-4-10/h3-6,14H,2,7-9,13H2,1H3,(H,15,16). The SMILES string of the molecule is CCCNCCNC(=O)c1ccc(N)cc1. The summed E-state index contributed by atoms with van der Waals surface area (Å²) in [5, 5.41) is 6.05. The molecule has 1 amide bonds. The van der Waals surface area contributed by atoms with Gasteiger partial charge in [-0.05, 0) is 37.2 Å². The number of hydrogen-bond donors (Lipinski definition) is 3. The Morgan fingerprint density at radius 2 is 1.88 bits per heavy atom. The fourth-order valence-electron chi connectivity index (χ4n) is 1.30. The third-order valence-electron chi connectivity index (χ3n) is 2.19. The number of benzene rings is 1. The Balaban J connectivity index is 2.27. The fourth-order valence-corrected chi connectivity index (χ4v) is 1.30. The molecular weight excluding hydrogens is 202 g/mol. The zero-order chi connectivity index (χ0) is 11.8. The Labute approximate surface area is 96.2 Å². The Hall–Kier alpha value is -1.55. The molecule has 0 aliphatic heterocycles. The van der Waals surface area contributed by atoms with Gasteiger partial charge in [0, 0.05) is 24.3 Å². The van der Waals surface area contributed by atoms with Crippen molar-refractivity contribution in [3.8, 4) is 0 Å². The van der Waals surface area contributed by atoms with Crippen LogP contribution in [0.2, 0.25) is 0 Å². The summed E-state index contributed by atoms with van der Waals surface area (Å²) in [6.45, 7) is 4.54. The maximum Gasteiger partial charge on any atom is 0.251 e. The van der Waals surface area contributed by atoms with E-state index >= 15 is 0 Å². The molecule has 0 heterocycles. The van der Waals surface area contributed by atoms with E-state index in [0.29, 0.717) is 17.8 Å². The molecule has 1 aromatic carbocycles. The van der Waals surface area contributed by atoms with Crippen LogP contribution in [0.3, 0.4) is 0 Å². The molecule has 0 aliphatic carbocycles. The number of nitrogens with one attached hydrogen (secondary N) is 2. The normalized spacial score (nSPS) is 10.1. The number of carbonyl (C=O) groups is 1. The molecule has 1 aromatic rings. The number of carbonyl (C=O) groups excluding carboxylic acids is 1. The van der Waals surface area contributed by atoms with Crippen molar-refractivity contribution in [2.24, 2.45) is 0 Å². The topological polar surface area (TPSA) is 67.1 Å². The van der Waals surface area contributed by atoms with Crippen LogP contribution in [0.4, 0.5) is 5.69 Å². The highest BCUT2D eigenvalue weighted by atomic mass is 16.1. The number of nitrogens with two attached hydrogens (primary N) is 1. The Kier molecular flexibility index (Phi) is 5.36. The lowest BCUT2D eigenvalue weighted by Gasteiger charge is -2.06. The highest BCUT2D eigenvalue weighted by Crippen LogP contribution is 2.04. The second-order valence-electron chi connectivity index (χ2n) is 3.63. The van der Waals surface area contributed by atoms with Gasteiger partial charge in [0.15, 0.2) is 0 Å². The molecule has 4 nitrogen and oxygen atoms in total.